The summed E-state index contributed by atoms with van der Waals surface area (Å²) in [5.74, 6) is 2.48. The highest BCUT2D eigenvalue weighted by Crippen LogP contribution is 2.07. The number of nitrogens with one attached hydrogen (secondary N) is 2. The number of aromatic nitrogens is 2. The van der Waals surface area contributed by atoms with Crippen LogP contribution in [-0.4, -0.2) is 21.6 Å². The molecule has 17 heavy (non-hydrogen) atoms. The van der Waals surface area contributed by atoms with Gasteiger partial charge in [-0.25, -0.2) is 4.98 Å². The molecule has 92 valence electrons. The first-order valence-corrected chi connectivity index (χ1v) is 5.76. The number of aryl methyl sites for hydroxylation is 1. The molecule has 0 unspecified atom stereocenters. The lowest BCUT2D eigenvalue weighted by Gasteiger charge is -2.01. The van der Waals surface area contributed by atoms with Crippen molar-refractivity contribution in [1.82, 2.24) is 15.3 Å². The Labute approximate surface area is 99.9 Å². The summed E-state index contributed by atoms with van der Waals surface area (Å²) in [6.45, 7) is 1.56. The van der Waals surface area contributed by atoms with E-state index in [0.717, 1.165) is 31.0 Å². The van der Waals surface area contributed by atoms with Gasteiger partial charge < -0.3 is 19.8 Å². The fourth-order valence-electron chi connectivity index (χ4n) is 1.63. The summed E-state index contributed by atoms with van der Waals surface area (Å²) in [6, 6.07) is 3.67. The van der Waals surface area contributed by atoms with E-state index in [9.17, 15) is 0 Å². The first kappa shape index (κ1) is 11.9. The van der Waals surface area contributed by atoms with E-state index in [1.165, 1.54) is 0 Å². The van der Waals surface area contributed by atoms with Crippen LogP contribution in [-0.2, 0) is 19.6 Å². The zero-order chi connectivity index (χ0) is 11.9. The summed E-state index contributed by atoms with van der Waals surface area (Å²) in [5.41, 5.74) is 0. The lowest BCUT2D eigenvalue weighted by molar-refractivity contribution is 0.243. The van der Waals surface area contributed by atoms with Crippen LogP contribution in [0, 0.1) is 0 Å². The van der Waals surface area contributed by atoms with Gasteiger partial charge in [-0.2, -0.15) is 0 Å². The number of imidazole rings is 1. The van der Waals surface area contributed by atoms with Gasteiger partial charge in [-0.1, -0.05) is 0 Å². The van der Waals surface area contributed by atoms with Crippen molar-refractivity contribution >= 4 is 0 Å². The third-order valence-electron chi connectivity index (χ3n) is 2.49. The van der Waals surface area contributed by atoms with E-state index in [0.29, 0.717) is 12.3 Å². The molecule has 3 N–H and O–H groups in total. The molecule has 0 aliphatic rings. The van der Waals surface area contributed by atoms with Crippen LogP contribution >= 0.6 is 0 Å². The monoisotopic (exact) mass is 235 g/mol. The SMILES string of the molecule is OCc1ccc(CNCCCc2ncc[nH]2)o1. The number of hydrogen-bond acceptors (Lipinski definition) is 4. The minimum absolute atomic E-state index is 0.0432. The molecule has 2 aromatic rings. The lowest BCUT2D eigenvalue weighted by atomic mass is 10.3. The molecule has 0 amide bonds. The van der Waals surface area contributed by atoms with Crippen molar-refractivity contribution in [1.29, 1.82) is 0 Å². The smallest absolute Gasteiger partial charge is 0.129 e. The maximum Gasteiger partial charge on any atom is 0.129 e. The van der Waals surface area contributed by atoms with Gasteiger partial charge >= 0.3 is 0 Å². The quantitative estimate of drug-likeness (QED) is 0.631. The van der Waals surface area contributed by atoms with E-state index in [1.54, 1.807) is 12.3 Å². The summed E-state index contributed by atoms with van der Waals surface area (Å²) in [5, 5.41) is 12.1. The van der Waals surface area contributed by atoms with Crippen LogP contribution < -0.4 is 5.32 Å². The highest BCUT2D eigenvalue weighted by atomic mass is 16.4. The minimum atomic E-state index is -0.0432. The Bertz CT molecular complexity index is 423. The zero-order valence-corrected chi connectivity index (χ0v) is 9.65. The number of nitrogens with zero attached hydrogens (tertiary/aromatic N) is 1. The fourth-order valence-corrected chi connectivity index (χ4v) is 1.63. The first-order valence-electron chi connectivity index (χ1n) is 5.76. The maximum atomic E-state index is 8.84. The van der Waals surface area contributed by atoms with Gasteiger partial charge in [-0.05, 0) is 25.1 Å². The Balaban J connectivity index is 1.60. The van der Waals surface area contributed by atoms with E-state index in [4.69, 9.17) is 9.52 Å². The van der Waals surface area contributed by atoms with Crippen LogP contribution in [0.4, 0.5) is 0 Å². The molecular formula is C12H17N3O2. The third kappa shape index (κ3) is 3.72. The van der Waals surface area contributed by atoms with E-state index in [1.807, 2.05) is 12.3 Å². The van der Waals surface area contributed by atoms with Crippen molar-refractivity contribution in [2.75, 3.05) is 6.54 Å². The van der Waals surface area contributed by atoms with Crippen LogP contribution in [0.3, 0.4) is 0 Å². The Morgan fingerprint density at radius 1 is 1.35 bits per heavy atom. The molecule has 5 heteroatoms. The van der Waals surface area contributed by atoms with Gasteiger partial charge in [0.25, 0.3) is 0 Å². The molecule has 0 saturated heterocycles. The number of aromatic amines is 1. The van der Waals surface area contributed by atoms with Crippen molar-refractivity contribution in [3.63, 3.8) is 0 Å². The Morgan fingerprint density at radius 2 is 2.24 bits per heavy atom. The molecule has 0 saturated carbocycles. The number of furan rings is 1. The molecule has 2 rings (SSSR count). The summed E-state index contributed by atoms with van der Waals surface area (Å²) in [6.07, 6.45) is 5.57. The summed E-state index contributed by atoms with van der Waals surface area (Å²) in [7, 11) is 0. The normalized spacial score (nSPS) is 10.9. The van der Waals surface area contributed by atoms with Gasteiger partial charge in [0.15, 0.2) is 0 Å². The van der Waals surface area contributed by atoms with Crippen molar-refractivity contribution in [3.05, 3.63) is 41.9 Å². The number of hydrogen-bond donors (Lipinski definition) is 3. The summed E-state index contributed by atoms with van der Waals surface area (Å²) in [4.78, 5) is 7.23. The predicted molar refractivity (Wildman–Crippen MR) is 63.2 cm³/mol. The second kappa shape index (κ2) is 6.22. The Morgan fingerprint density at radius 3 is 2.94 bits per heavy atom. The van der Waals surface area contributed by atoms with Gasteiger partial charge in [0.2, 0.25) is 0 Å². The first-order chi connectivity index (χ1) is 8.38. The standard InChI is InChI=1S/C12H17N3O2/c16-9-11-4-3-10(17-11)8-13-5-1-2-12-14-6-7-15-12/h3-4,6-7,13,16H,1-2,5,8-9H2,(H,14,15). The highest BCUT2D eigenvalue weighted by molar-refractivity contribution is 5.05. The van der Waals surface area contributed by atoms with Gasteiger partial charge in [0, 0.05) is 18.8 Å². The molecule has 2 aromatic heterocycles. The molecule has 2 heterocycles. The zero-order valence-electron chi connectivity index (χ0n) is 9.65. The molecule has 0 radical (unpaired) electrons. The summed E-state index contributed by atoms with van der Waals surface area (Å²) < 4.78 is 5.35. The van der Waals surface area contributed by atoms with Crippen molar-refractivity contribution in [3.8, 4) is 0 Å². The van der Waals surface area contributed by atoms with Crippen LogP contribution in [0.15, 0.2) is 28.9 Å². The fraction of sp³-hybridized carbons (Fsp3) is 0.417. The van der Waals surface area contributed by atoms with E-state index < -0.39 is 0 Å². The molecule has 0 aliphatic heterocycles. The average Bonchev–Trinajstić information content (AvgIpc) is 2.99. The Hall–Kier alpha value is -1.59. The van der Waals surface area contributed by atoms with Crippen molar-refractivity contribution < 1.29 is 9.52 Å². The molecule has 0 fully saturated rings. The molecule has 5 nitrogen and oxygen atoms in total. The van der Waals surface area contributed by atoms with Crippen LogP contribution in [0.25, 0.3) is 0 Å². The highest BCUT2D eigenvalue weighted by Gasteiger charge is 2.00. The predicted octanol–water partition coefficient (Wildman–Crippen LogP) is 1.22. The topological polar surface area (TPSA) is 74.1 Å². The van der Waals surface area contributed by atoms with Gasteiger partial charge in [0.1, 0.15) is 24.0 Å². The largest absolute Gasteiger partial charge is 0.462 e. The third-order valence-corrected chi connectivity index (χ3v) is 2.49. The van der Waals surface area contributed by atoms with Crippen LogP contribution in [0.5, 0.6) is 0 Å². The molecule has 0 atom stereocenters. The Kier molecular flexibility index (Phi) is 4.35. The van der Waals surface area contributed by atoms with Gasteiger partial charge in [-0.15, -0.1) is 0 Å². The van der Waals surface area contributed by atoms with Crippen molar-refractivity contribution in [2.45, 2.75) is 26.0 Å². The second-order valence-electron chi connectivity index (χ2n) is 3.84. The number of aliphatic hydroxyl groups is 1. The lowest BCUT2D eigenvalue weighted by Crippen LogP contribution is -2.15. The molecule has 0 aromatic carbocycles. The van der Waals surface area contributed by atoms with E-state index >= 15 is 0 Å². The maximum absolute atomic E-state index is 8.84. The molecular weight excluding hydrogens is 218 g/mol. The number of aliphatic hydroxyl groups excluding tert-OH is 1. The van der Waals surface area contributed by atoms with E-state index in [2.05, 4.69) is 15.3 Å². The van der Waals surface area contributed by atoms with Crippen molar-refractivity contribution in [2.24, 2.45) is 0 Å². The minimum Gasteiger partial charge on any atom is -0.462 e. The van der Waals surface area contributed by atoms with Crippen LogP contribution in [0.1, 0.15) is 23.8 Å². The molecule has 0 bridgehead atoms. The van der Waals surface area contributed by atoms with Crippen LogP contribution in [0.2, 0.25) is 0 Å². The summed E-state index contributed by atoms with van der Waals surface area (Å²) >= 11 is 0. The molecule has 0 spiro atoms. The van der Waals surface area contributed by atoms with E-state index in [-0.39, 0.29) is 6.61 Å². The van der Waals surface area contributed by atoms with Gasteiger partial charge in [0.05, 0.1) is 6.54 Å². The number of rotatable bonds is 7. The van der Waals surface area contributed by atoms with Gasteiger partial charge in [-0.3, -0.25) is 0 Å². The molecule has 0 aliphatic carbocycles. The number of H-pyrrole nitrogens is 1. The average molecular weight is 235 g/mol. The second-order valence-corrected chi connectivity index (χ2v) is 3.84.